The zero-order valence-corrected chi connectivity index (χ0v) is 72.0. The Labute approximate surface area is 674 Å². The average Bonchev–Trinajstić information content (AvgIpc) is 0.998. The van der Waals surface area contributed by atoms with E-state index in [2.05, 4.69) is 87.9 Å². The molecular weight excluding hydrogens is 1470 g/mol. The minimum atomic E-state index is -1.67. The Balaban J connectivity index is 1.06. The lowest BCUT2D eigenvalue weighted by atomic mass is 9.93. The number of quaternary nitrogens is 1. The van der Waals surface area contributed by atoms with Crippen LogP contribution in [0.15, 0.2) is 0 Å². The Kier molecular flexibility index (Phi) is 34.4. The standard InChI is InChI=1S/C80H138N18O16/c1-48(2)42-52(47-95-38-29-37-94-36-28-33-61(94)95)84-68(109)75(10,11)88-63(104)54(44-50(5)6)85-59(101)45-83-67(108)74(8,9)89-65(106)56-31-24-27-41-98(56)73(114)80(20,21)93-70(111)77(14,15)87-60(102)46-82-58(100)34-35-81-62(103)53(43-49(3)4)86-69(110)76(12,13)92-71(112)78(16,17)90-66(107)57-32-23-26-40-97(57)72(113)79(18,19)91-64(105)55-30-22-25-39-96(55)51(7)99/h48-50,52-57,61H,22-47H2,1-21H3,(H,81,103)(H,82,100)(H,83,108)(H,84,109)(H,85,101)(H,86,110)(H,87,102)(H,88,104)(H,89,106)(H,90,107)(H,91,105)(H,92,112)(H,93,111)/p+1. The number of hydrogen-bond acceptors (Lipinski definition) is 17. The highest BCUT2D eigenvalue weighted by Gasteiger charge is 2.48. The van der Waals surface area contributed by atoms with E-state index in [1.165, 1.54) is 97.3 Å². The van der Waals surface area contributed by atoms with Gasteiger partial charge in [0.05, 0.1) is 26.2 Å². The first-order chi connectivity index (χ1) is 52.7. The summed E-state index contributed by atoms with van der Waals surface area (Å²) in [5, 5.41) is 35.4. The van der Waals surface area contributed by atoms with Gasteiger partial charge in [-0.05, 0) is 192 Å². The van der Waals surface area contributed by atoms with E-state index in [0.717, 1.165) is 51.7 Å². The molecule has 34 heteroatoms. The number of nitrogens with one attached hydrogen (secondary N) is 14. The fourth-order valence-electron chi connectivity index (χ4n) is 15.4. The van der Waals surface area contributed by atoms with Gasteiger partial charge in [0.1, 0.15) is 75.1 Å². The predicted molar refractivity (Wildman–Crippen MR) is 427 cm³/mol. The van der Waals surface area contributed by atoms with Crippen LogP contribution in [0.5, 0.6) is 0 Å². The van der Waals surface area contributed by atoms with Crippen molar-refractivity contribution in [3.63, 3.8) is 0 Å². The van der Waals surface area contributed by atoms with E-state index in [0.29, 0.717) is 57.3 Å². The molecule has 0 aromatic heterocycles. The molecule has 34 nitrogen and oxygen atoms in total. The lowest BCUT2D eigenvalue weighted by molar-refractivity contribution is -0.930. The third-order valence-electron chi connectivity index (χ3n) is 21.9. The van der Waals surface area contributed by atoms with Crippen LogP contribution in [0.1, 0.15) is 248 Å². The number of piperidine rings is 3. The summed E-state index contributed by atoms with van der Waals surface area (Å²) >= 11 is 0. The van der Waals surface area contributed by atoms with Crippen LogP contribution in [0.2, 0.25) is 0 Å². The summed E-state index contributed by atoms with van der Waals surface area (Å²) < 4.78 is 0. The van der Waals surface area contributed by atoms with Gasteiger partial charge in [0.25, 0.3) is 0 Å². The van der Waals surface area contributed by atoms with Crippen molar-refractivity contribution in [1.29, 1.82) is 0 Å². The van der Waals surface area contributed by atoms with Crippen LogP contribution in [-0.4, -0.2) is 261 Å². The van der Waals surface area contributed by atoms with Crippen LogP contribution in [0.3, 0.4) is 0 Å². The molecule has 0 bridgehead atoms. The number of rotatable bonds is 37. The Morgan fingerprint density at radius 2 is 0.781 bits per heavy atom. The van der Waals surface area contributed by atoms with Gasteiger partial charge in [0, 0.05) is 77.9 Å². The van der Waals surface area contributed by atoms with Crippen molar-refractivity contribution < 1.29 is 81.6 Å². The summed E-state index contributed by atoms with van der Waals surface area (Å²) in [5.74, 6) is -9.75. The highest BCUT2D eigenvalue weighted by Crippen LogP contribution is 2.27. The number of nitrogens with zero attached hydrogens (tertiary/aromatic N) is 4. The van der Waals surface area contributed by atoms with Gasteiger partial charge in [0.2, 0.25) is 94.5 Å². The summed E-state index contributed by atoms with van der Waals surface area (Å²) in [5.41, 5.74) is -11.1. The monoisotopic (exact) mass is 1610 g/mol. The average molecular weight is 1610 g/mol. The molecule has 5 aliphatic heterocycles. The van der Waals surface area contributed by atoms with Crippen molar-refractivity contribution in [2.24, 2.45) is 17.8 Å². The number of carbonyl (C=O) groups is 16. The van der Waals surface area contributed by atoms with E-state index >= 15 is 0 Å². The van der Waals surface area contributed by atoms with Gasteiger partial charge in [-0.15, -0.1) is 0 Å². The Bertz CT molecular complexity index is 3500. The molecule has 0 aliphatic carbocycles. The molecule has 5 fully saturated rings. The van der Waals surface area contributed by atoms with Crippen molar-refractivity contribution in [2.45, 2.75) is 329 Å². The van der Waals surface area contributed by atoms with Gasteiger partial charge >= 0.3 is 0 Å². The third kappa shape index (κ3) is 27.8. The van der Waals surface area contributed by atoms with Gasteiger partial charge in [-0.25, -0.2) is 0 Å². The largest absolute Gasteiger partial charge is 0.354 e. The first-order valence-corrected chi connectivity index (χ1v) is 41.2. The fraction of sp³-hybridized carbons (Fsp3) is 0.800. The lowest BCUT2D eigenvalue weighted by Crippen LogP contribution is -3.16. The molecule has 0 spiro atoms. The van der Waals surface area contributed by atoms with Gasteiger partial charge in [-0.3, -0.25) is 81.6 Å². The number of likely N-dealkylation sites (tertiary alicyclic amines) is 3. The molecule has 0 aromatic rings. The van der Waals surface area contributed by atoms with Crippen LogP contribution in [0.25, 0.3) is 0 Å². The second-order valence-electron chi connectivity index (χ2n) is 36.9. The maximum Gasteiger partial charge on any atom is 0.248 e. The van der Waals surface area contributed by atoms with E-state index in [1.54, 1.807) is 32.6 Å². The molecule has 8 unspecified atom stereocenters. The summed E-state index contributed by atoms with van der Waals surface area (Å²) in [6, 6.07) is -5.15. The molecule has 0 aromatic carbocycles. The quantitative estimate of drug-likeness (QED) is 0.0371. The zero-order valence-electron chi connectivity index (χ0n) is 72.0. The topological polar surface area (TPSA) is 447 Å². The van der Waals surface area contributed by atoms with Crippen LogP contribution in [-0.2, 0) is 76.7 Å². The second-order valence-corrected chi connectivity index (χ2v) is 36.9. The molecule has 5 heterocycles. The summed E-state index contributed by atoms with van der Waals surface area (Å²) in [6.07, 6.45) is 9.38. The molecule has 8 atom stereocenters. The zero-order chi connectivity index (χ0) is 86.0. The molecule has 16 amide bonds. The van der Waals surface area contributed by atoms with Crippen molar-refractivity contribution in [2.75, 3.05) is 65.4 Å². The summed E-state index contributed by atoms with van der Waals surface area (Å²) in [4.78, 5) is 228. The van der Waals surface area contributed by atoms with Crippen molar-refractivity contribution in [3.05, 3.63) is 0 Å². The van der Waals surface area contributed by atoms with Crippen molar-refractivity contribution >= 4 is 94.5 Å². The van der Waals surface area contributed by atoms with Crippen LogP contribution in [0, 0.1) is 17.8 Å². The molecule has 5 rings (SSSR count). The molecule has 5 aliphatic rings. The van der Waals surface area contributed by atoms with Gasteiger partial charge in [-0.1, -0.05) is 41.5 Å². The molecule has 114 heavy (non-hydrogen) atoms. The number of carbonyl (C=O) groups excluding carboxylic acids is 16. The van der Waals surface area contributed by atoms with E-state index in [4.69, 9.17) is 0 Å². The lowest BCUT2D eigenvalue weighted by Gasteiger charge is -2.42. The Hall–Kier alpha value is -8.56. The van der Waals surface area contributed by atoms with Crippen molar-refractivity contribution in [1.82, 2.24) is 88.7 Å². The van der Waals surface area contributed by atoms with E-state index in [1.807, 2.05) is 27.7 Å². The normalized spacial score (nSPS) is 20.1. The van der Waals surface area contributed by atoms with Gasteiger partial charge in [0.15, 0.2) is 0 Å². The Morgan fingerprint density at radius 1 is 0.368 bits per heavy atom. The fourth-order valence-corrected chi connectivity index (χ4v) is 15.4. The van der Waals surface area contributed by atoms with Crippen molar-refractivity contribution in [3.8, 4) is 0 Å². The van der Waals surface area contributed by atoms with Crippen LogP contribution >= 0.6 is 0 Å². The van der Waals surface area contributed by atoms with E-state index in [9.17, 15) is 76.7 Å². The SMILES string of the molecule is CC(=O)N1CCCCC1C(=O)NC(C)(C)C(=O)N1CCCCC1C(=O)NC(C)(C)C(=O)NC(C)(C)C(=O)NC(CC(C)C)C(=O)NCCC(=O)NCC(=O)NC(C)(C)C(=O)NC(C)(C)C(=O)N1CCCCC1C(=O)NC(C)(C)C(=O)NCC(=O)NC(CC(C)C)C(=O)NC(C)(C)C(=O)NC(CC(C)C)CN1CCC[NH+]2CCCC12. The minimum absolute atomic E-state index is 0.0556. The maximum absolute atomic E-state index is 14.4. The molecule has 5 saturated heterocycles. The van der Waals surface area contributed by atoms with Gasteiger partial charge < -0.3 is 88.7 Å². The minimum Gasteiger partial charge on any atom is -0.354 e. The number of hydrogen-bond donors (Lipinski definition) is 14. The predicted octanol–water partition coefficient (Wildman–Crippen LogP) is -0.545. The second kappa shape index (κ2) is 40.8. The molecule has 0 saturated carbocycles. The van der Waals surface area contributed by atoms with E-state index in [-0.39, 0.29) is 81.4 Å². The van der Waals surface area contributed by atoms with E-state index < -0.39 is 165 Å². The first-order valence-electron chi connectivity index (χ1n) is 41.2. The molecular formula is C80H139N18O16+. The van der Waals surface area contributed by atoms with Crippen LogP contribution in [0.4, 0.5) is 0 Å². The molecule has 644 valence electrons. The highest BCUT2D eigenvalue weighted by atomic mass is 16.2. The molecule has 0 radical (unpaired) electrons. The first kappa shape index (κ1) is 96.0. The van der Waals surface area contributed by atoms with Crippen LogP contribution < -0.4 is 74.0 Å². The third-order valence-corrected chi connectivity index (χ3v) is 21.9. The summed E-state index contributed by atoms with van der Waals surface area (Å²) in [7, 11) is 0. The summed E-state index contributed by atoms with van der Waals surface area (Å²) in [6.45, 7) is 37.0. The maximum atomic E-state index is 14.4. The Morgan fingerprint density at radius 3 is 1.29 bits per heavy atom. The molecule has 14 N–H and O–H groups in total. The van der Waals surface area contributed by atoms with Gasteiger partial charge in [-0.2, -0.15) is 0 Å². The highest BCUT2D eigenvalue weighted by molar-refractivity contribution is 6.02. The number of fused-ring (bicyclic) bond motifs is 1. The number of amides is 16. The smallest absolute Gasteiger partial charge is 0.248 e.